The molecule has 0 aromatic heterocycles. The van der Waals surface area contributed by atoms with Gasteiger partial charge in [-0.1, -0.05) is 19.9 Å². The van der Waals surface area contributed by atoms with E-state index in [1.165, 1.54) is 25.0 Å². The summed E-state index contributed by atoms with van der Waals surface area (Å²) in [5.74, 6) is 0.763. The molecule has 0 radical (unpaired) electrons. The predicted molar refractivity (Wildman–Crippen MR) is 52.3 cm³/mol. The van der Waals surface area contributed by atoms with Crippen LogP contribution >= 0.6 is 0 Å². The van der Waals surface area contributed by atoms with Gasteiger partial charge >= 0.3 is 0 Å². The van der Waals surface area contributed by atoms with Crippen LogP contribution in [-0.2, 0) is 0 Å². The summed E-state index contributed by atoms with van der Waals surface area (Å²) in [6, 6.07) is 0. The van der Waals surface area contributed by atoms with E-state index in [0.29, 0.717) is 5.41 Å². The summed E-state index contributed by atoms with van der Waals surface area (Å²) >= 11 is 0. The van der Waals surface area contributed by atoms with Crippen LogP contribution < -0.4 is 0 Å². The maximum Gasteiger partial charge on any atom is 0.0424 e. The number of hydrogen-bond acceptors (Lipinski definition) is 1. The monoisotopic (exact) mass is 163 g/mol. The van der Waals surface area contributed by atoms with Gasteiger partial charge < -0.3 is 0 Å². The van der Waals surface area contributed by atoms with E-state index in [0.717, 1.165) is 12.3 Å². The SMILES string of the molecule is CC(C)C1(C2=CCCC=N2)CC1. The highest BCUT2D eigenvalue weighted by Gasteiger charge is 2.48. The van der Waals surface area contributed by atoms with Crippen molar-refractivity contribution in [1.29, 1.82) is 0 Å². The minimum Gasteiger partial charge on any atom is -0.265 e. The van der Waals surface area contributed by atoms with E-state index in [9.17, 15) is 0 Å². The van der Waals surface area contributed by atoms with E-state index in [1.807, 2.05) is 0 Å². The number of allylic oxidation sites excluding steroid dienone is 2. The average Bonchev–Trinajstić information content (AvgIpc) is 2.86. The normalized spacial score (nSPS) is 25.8. The molecule has 0 bridgehead atoms. The fraction of sp³-hybridized carbons (Fsp3) is 0.727. The van der Waals surface area contributed by atoms with Gasteiger partial charge in [0.2, 0.25) is 0 Å². The molecule has 0 aromatic carbocycles. The molecular weight excluding hydrogens is 146 g/mol. The van der Waals surface area contributed by atoms with Crippen LogP contribution in [0.5, 0.6) is 0 Å². The Labute approximate surface area is 74.6 Å². The van der Waals surface area contributed by atoms with Gasteiger partial charge in [0.1, 0.15) is 0 Å². The molecule has 2 aliphatic rings. The lowest BCUT2D eigenvalue weighted by atomic mass is 9.88. The van der Waals surface area contributed by atoms with Crippen molar-refractivity contribution in [3.8, 4) is 0 Å². The van der Waals surface area contributed by atoms with Crippen molar-refractivity contribution >= 4 is 6.21 Å². The van der Waals surface area contributed by atoms with Crippen molar-refractivity contribution in [3.05, 3.63) is 11.8 Å². The summed E-state index contributed by atoms with van der Waals surface area (Å²) in [6.07, 6.45) is 9.47. The van der Waals surface area contributed by atoms with Crippen molar-refractivity contribution in [3.63, 3.8) is 0 Å². The van der Waals surface area contributed by atoms with Crippen LogP contribution in [0.3, 0.4) is 0 Å². The quantitative estimate of drug-likeness (QED) is 0.593. The second kappa shape index (κ2) is 2.72. The van der Waals surface area contributed by atoms with E-state index in [4.69, 9.17) is 0 Å². The van der Waals surface area contributed by atoms with Gasteiger partial charge in [-0.2, -0.15) is 0 Å². The number of aliphatic imine (C=N–C) groups is 1. The van der Waals surface area contributed by atoms with Crippen LogP contribution in [0.25, 0.3) is 0 Å². The maximum atomic E-state index is 4.52. The van der Waals surface area contributed by atoms with Gasteiger partial charge in [-0.15, -0.1) is 0 Å². The molecule has 0 atom stereocenters. The summed E-state index contributed by atoms with van der Waals surface area (Å²) in [6.45, 7) is 4.63. The average molecular weight is 163 g/mol. The van der Waals surface area contributed by atoms with E-state index in [2.05, 4.69) is 31.1 Å². The second-order valence-electron chi connectivity index (χ2n) is 4.29. The van der Waals surface area contributed by atoms with Gasteiger partial charge in [0.05, 0.1) is 0 Å². The first-order valence-electron chi connectivity index (χ1n) is 4.99. The lowest BCUT2D eigenvalue weighted by Crippen LogP contribution is -2.13. The Balaban J connectivity index is 2.18. The Bertz CT molecular complexity index is 231. The van der Waals surface area contributed by atoms with Gasteiger partial charge in [-0.25, -0.2) is 0 Å². The molecule has 1 fully saturated rings. The lowest BCUT2D eigenvalue weighted by molar-refractivity contribution is 0.417. The van der Waals surface area contributed by atoms with Crippen LogP contribution in [0.2, 0.25) is 0 Å². The van der Waals surface area contributed by atoms with Crippen molar-refractivity contribution < 1.29 is 0 Å². The zero-order valence-electron chi connectivity index (χ0n) is 8.01. The van der Waals surface area contributed by atoms with Crippen LogP contribution in [0.1, 0.15) is 39.5 Å². The van der Waals surface area contributed by atoms with Crippen LogP contribution in [0.4, 0.5) is 0 Å². The fourth-order valence-corrected chi connectivity index (χ4v) is 2.11. The molecule has 0 unspecified atom stereocenters. The minimum absolute atomic E-state index is 0.483. The predicted octanol–water partition coefficient (Wildman–Crippen LogP) is 3.17. The van der Waals surface area contributed by atoms with Crippen molar-refractivity contribution in [2.75, 3.05) is 0 Å². The zero-order chi connectivity index (χ0) is 8.60. The molecule has 1 aliphatic heterocycles. The molecule has 0 saturated heterocycles. The van der Waals surface area contributed by atoms with Crippen LogP contribution in [0.15, 0.2) is 16.8 Å². The van der Waals surface area contributed by atoms with Crippen molar-refractivity contribution in [2.24, 2.45) is 16.3 Å². The zero-order valence-corrected chi connectivity index (χ0v) is 8.01. The first kappa shape index (κ1) is 8.03. The second-order valence-corrected chi connectivity index (χ2v) is 4.29. The third-order valence-electron chi connectivity index (χ3n) is 3.27. The Morgan fingerprint density at radius 2 is 2.08 bits per heavy atom. The lowest BCUT2D eigenvalue weighted by Gasteiger charge is -2.21. The summed E-state index contributed by atoms with van der Waals surface area (Å²) < 4.78 is 0. The first-order valence-corrected chi connectivity index (χ1v) is 4.99. The molecule has 66 valence electrons. The van der Waals surface area contributed by atoms with Crippen molar-refractivity contribution in [1.82, 2.24) is 0 Å². The summed E-state index contributed by atoms with van der Waals surface area (Å²) in [4.78, 5) is 4.52. The third kappa shape index (κ3) is 1.12. The largest absolute Gasteiger partial charge is 0.265 e. The highest BCUT2D eigenvalue weighted by atomic mass is 14.8. The highest BCUT2D eigenvalue weighted by Crippen LogP contribution is 2.58. The molecular formula is C11H17N. The fourth-order valence-electron chi connectivity index (χ4n) is 2.11. The molecule has 0 spiro atoms. The van der Waals surface area contributed by atoms with E-state index >= 15 is 0 Å². The molecule has 0 aromatic rings. The van der Waals surface area contributed by atoms with E-state index in [-0.39, 0.29) is 0 Å². The first-order chi connectivity index (χ1) is 5.76. The highest BCUT2D eigenvalue weighted by molar-refractivity contribution is 5.61. The summed E-state index contributed by atoms with van der Waals surface area (Å²) in [5.41, 5.74) is 1.86. The Kier molecular flexibility index (Phi) is 1.82. The summed E-state index contributed by atoms with van der Waals surface area (Å²) in [7, 11) is 0. The molecule has 1 nitrogen and oxygen atoms in total. The van der Waals surface area contributed by atoms with Crippen molar-refractivity contribution in [2.45, 2.75) is 39.5 Å². The third-order valence-corrected chi connectivity index (χ3v) is 3.27. The van der Waals surface area contributed by atoms with E-state index in [1.54, 1.807) is 0 Å². The molecule has 1 heteroatoms. The van der Waals surface area contributed by atoms with Gasteiger partial charge in [0, 0.05) is 17.3 Å². The van der Waals surface area contributed by atoms with Crippen LogP contribution in [0, 0.1) is 11.3 Å². The molecule has 0 amide bonds. The number of rotatable bonds is 2. The maximum absolute atomic E-state index is 4.52. The minimum atomic E-state index is 0.483. The molecule has 1 saturated carbocycles. The van der Waals surface area contributed by atoms with Gasteiger partial charge in [0.15, 0.2) is 0 Å². The van der Waals surface area contributed by atoms with Crippen LogP contribution in [-0.4, -0.2) is 6.21 Å². The smallest absolute Gasteiger partial charge is 0.0424 e. The van der Waals surface area contributed by atoms with E-state index < -0.39 is 0 Å². The van der Waals surface area contributed by atoms with Gasteiger partial charge in [-0.3, -0.25) is 4.99 Å². The topological polar surface area (TPSA) is 12.4 Å². The Morgan fingerprint density at radius 1 is 1.33 bits per heavy atom. The standard InChI is InChI=1S/C11H17N/c1-9(2)11(6-7-11)10-5-3-4-8-12-10/h5,8-9H,3-4,6-7H2,1-2H3. The molecule has 12 heavy (non-hydrogen) atoms. The molecule has 1 heterocycles. The molecule has 1 aliphatic carbocycles. The molecule has 2 rings (SSSR count). The summed E-state index contributed by atoms with van der Waals surface area (Å²) in [5, 5.41) is 0. The Morgan fingerprint density at radius 3 is 2.50 bits per heavy atom. The Hall–Kier alpha value is -0.590. The number of nitrogens with zero attached hydrogens (tertiary/aromatic N) is 1. The van der Waals surface area contributed by atoms with Gasteiger partial charge in [-0.05, 0) is 31.6 Å². The van der Waals surface area contributed by atoms with Gasteiger partial charge in [0.25, 0.3) is 0 Å². The number of hydrogen-bond donors (Lipinski definition) is 0. The molecule has 0 N–H and O–H groups in total.